The number of amides is 1. The van der Waals surface area contributed by atoms with Crippen LogP contribution in [0, 0.1) is 5.92 Å². The first-order valence-electron chi connectivity index (χ1n) is 6.30. The smallest absolute Gasteiger partial charge is 0.223 e. The predicted molar refractivity (Wildman–Crippen MR) is 78.2 cm³/mol. The van der Waals surface area contributed by atoms with E-state index in [0.29, 0.717) is 6.54 Å². The molecule has 0 saturated carbocycles. The fraction of sp³-hybridized carbons (Fsp3) is 0.500. The standard InChI is InChI=1S/C14H21BrN2O/c1-10(5-4-8-16)14(18)17-11(2)12-6-3-7-13(15)9-12/h3,6-7,9-11H,4-5,8,16H2,1-2H3,(H,17,18). The van der Waals surface area contributed by atoms with Crippen LogP contribution in [0.4, 0.5) is 0 Å². The van der Waals surface area contributed by atoms with Crippen LogP contribution < -0.4 is 11.1 Å². The third kappa shape index (κ3) is 4.78. The highest BCUT2D eigenvalue weighted by Crippen LogP contribution is 2.18. The van der Waals surface area contributed by atoms with Crippen molar-refractivity contribution in [1.82, 2.24) is 5.32 Å². The molecule has 0 saturated heterocycles. The van der Waals surface area contributed by atoms with Gasteiger partial charge in [-0.2, -0.15) is 0 Å². The molecule has 4 heteroatoms. The lowest BCUT2D eigenvalue weighted by atomic mass is 10.0. The van der Waals surface area contributed by atoms with Crippen molar-refractivity contribution < 1.29 is 4.79 Å². The molecule has 0 heterocycles. The highest BCUT2D eigenvalue weighted by molar-refractivity contribution is 9.10. The van der Waals surface area contributed by atoms with E-state index < -0.39 is 0 Å². The van der Waals surface area contributed by atoms with E-state index in [2.05, 4.69) is 21.2 Å². The SMILES string of the molecule is CC(CCCN)C(=O)NC(C)c1cccc(Br)c1. The maximum Gasteiger partial charge on any atom is 0.223 e. The Hall–Kier alpha value is -0.870. The van der Waals surface area contributed by atoms with E-state index in [-0.39, 0.29) is 17.9 Å². The molecule has 0 aliphatic heterocycles. The average molecular weight is 313 g/mol. The van der Waals surface area contributed by atoms with E-state index in [9.17, 15) is 4.79 Å². The number of rotatable bonds is 6. The zero-order valence-corrected chi connectivity index (χ0v) is 12.5. The second-order valence-corrected chi connectivity index (χ2v) is 5.53. The van der Waals surface area contributed by atoms with Crippen LogP contribution in [0.5, 0.6) is 0 Å². The molecule has 1 aromatic carbocycles. The Balaban J connectivity index is 2.54. The number of hydrogen-bond donors (Lipinski definition) is 2. The normalized spacial score (nSPS) is 14.0. The van der Waals surface area contributed by atoms with Gasteiger partial charge in [-0.25, -0.2) is 0 Å². The number of benzene rings is 1. The summed E-state index contributed by atoms with van der Waals surface area (Å²) in [6, 6.07) is 8.01. The summed E-state index contributed by atoms with van der Waals surface area (Å²) in [5.74, 6) is 0.110. The molecule has 2 unspecified atom stereocenters. The van der Waals surface area contributed by atoms with Crippen LogP contribution in [-0.4, -0.2) is 12.5 Å². The Morgan fingerprint density at radius 1 is 1.44 bits per heavy atom. The minimum Gasteiger partial charge on any atom is -0.349 e. The third-order valence-electron chi connectivity index (χ3n) is 3.00. The predicted octanol–water partition coefficient (Wildman–Crippen LogP) is 3.00. The van der Waals surface area contributed by atoms with Crippen LogP contribution in [0.15, 0.2) is 28.7 Å². The monoisotopic (exact) mass is 312 g/mol. The second-order valence-electron chi connectivity index (χ2n) is 4.62. The summed E-state index contributed by atoms with van der Waals surface area (Å²) in [7, 11) is 0. The Bertz CT molecular complexity index is 395. The molecule has 18 heavy (non-hydrogen) atoms. The van der Waals surface area contributed by atoms with Crippen LogP contribution in [-0.2, 0) is 4.79 Å². The average Bonchev–Trinajstić information content (AvgIpc) is 2.35. The summed E-state index contributed by atoms with van der Waals surface area (Å²) >= 11 is 3.43. The van der Waals surface area contributed by atoms with Gasteiger partial charge in [-0.15, -0.1) is 0 Å². The van der Waals surface area contributed by atoms with E-state index in [1.807, 2.05) is 38.1 Å². The van der Waals surface area contributed by atoms with Crippen molar-refractivity contribution in [3.8, 4) is 0 Å². The van der Waals surface area contributed by atoms with E-state index in [1.54, 1.807) is 0 Å². The number of nitrogens with one attached hydrogen (secondary N) is 1. The van der Waals surface area contributed by atoms with Crippen molar-refractivity contribution >= 4 is 21.8 Å². The first-order valence-corrected chi connectivity index (χ1v) is 7.09. The molecule has 3 nitrogen and oxygen atoms in total. The summed E-state index contributed by atoms with van der Waals surface area (Å²) in [5, 5.41) is 3.03. The topological polar surface area (TPSA) is 55.1 Å². The van der Waals surface area contributed by atoms with Gasteiger partial charge in [0.2, 0.25) is 5.91 Å². The zero-order valence-electron chi connectivity index (χ0n) is 10.9. The van der Waals surface area contributed by atoms with Gasteiger partial charge >= 0.3 is 0 Å². The van der Waals surface area contributed by atoms with Crippen LogP contribution >= 0.6 is 15.9 Å². The van der Waals surface area contributed by atoms with Gasteiger partial charge in [0.05, 0.1) is 6.04 Å². The van der Waals surface area contributed by atoms with Crippen molar-refractivity contribution in [2.24, 2.45) is 11.7 Å². The Morgan fingerprint density at radius 3 is 2.78 bits per heavy atom. The highest BCUT2D eigenvalue weighted by atomic mass is 79.9. The minimum absolute atomic E-state index is 0.0168. The fourth-order valence-electron chi connectivity index (χ4n) is 1.77. The lowest BCUT2D eigenvalue weighted by Gasteiger charge is -2.18. The summed E-state index contributed by atoms with van der Waals surface area (Å²) in [6.07, 6.45) is 1.73. The molecule has 1 rings (SSSR count). The third-order valence-corrected chi connectivity index (χ3v) is 3.49. The van der Waals surface area contributed by atoms with Crippen molar-refractivity contribution in [2.45, 2.75) is 32.7 Å². The Kier molecular flexibility index (Phi) is 6.36. The van der Waals surface area contributed by atoms with Crippen molar-refractivity contribution in [2.75, 3.05) is 6.54 Å². The van der Waals surface area contributed by atoms with Gasteiger partial charge in [0.1, 0.15) is 0 Å². The van der Waals surface area contributed by atoms with Gasteiger partial charge in [0.15, 0.2) is 0 Å². The molecule has 0 radical (unpaired) electrons. The lowest BCUT2D eigenvalue weighted by molar-refractivity contribution is -0.125. The molecule has 0 aliphatic carbocycles. The van der Waals surface area contributed by atoms with Crippen LogP contribution in [0.1, 0.15) is 38.3 Å². The van der Waals surface area contributed by atoms with E-state index in [0.717, 1.165) is 22.9 Å². The summed E-state index contributed by atoms with van der Waals surface area (Å²) in [4.78, 5) is 12.0. The number of nitrogens with two attached hydrogens (primary N) is 1. The van der Waals surface area contributed by atoms with Gasteiger partial charge < -0.3 is 11.1 Å². The minimum atomic E-state index is 0.0168. The zero-order chi connectivity index (χ0) is 13.5. The second kappa shape index (κ2) is 7.54. The van der Waals surface area contributed by atoms with Gasteiger partial charge in [-0.05, 0) is 44.0 Å². The van der Waals surface area contributed by atoms with Crippen LogP contribution in [0.2, 0.25) is 0 Å². The van der Waals surface area contributed by atoms with Crippen molar-refractivity contribution in [3.63, 3.8) is 0 Å². The molecule has 100 valence electrons. The van der Waals surface area contributed by atoms with Crippen LogP contribution in [0.25, 0.3) is 0 Å². The molecular formula is C14H21BrN2O. The summed E-state index contributed by atoms with van der Waals surface area (Å²) < 4.78 is 1.03. The summed E-state index contributed by atoms with van der Waals surface area (Å²) in [6.45, 7) is 4.58. The molecule has 0 aliphatic rings. The number of halogens is 1. The van der Waals surface area contributed by atoms with Crippen molar-refractivity contribution in [1.29, 1.82) is 0 Å². The maximum absolute atomic E-state index is 12.0. The number of carbonyl (C=O) groups excluding carboxylic acids is 1. The Labute approximate surface area is 117 Å². The maximum atomic E-state index is 12.0. The van der Waals surface area contributed by atoms with Crippen LogP contribution in [0.3, 0.4) is 0 Å². The highest BCUT2D eigenvalue weighted by Gasteiger charge is 2.15. The molecule has 1 amide bonds. The number of carbonyl (C=O) groups is 1. The molecule has 2 atom stereocenters. The lowest BCUT2D eigenvalue weighted by Crippen LogP contribution is -2.31. The molecule has 3 N–H and O–H groups in total. The molecule has 0 fully saturated rings. The van der Waals surface area contributed by atoms with Crippen molar-refractivity contribution in [3.05, 3.63) is 34.3 Å². The van der Waals surface area contributed by atoms with E-state index in [4.69, 9.17) is 5.73 Å². The molecule has 0 bridgehead atoms. The first-order chi connectivity index (χ1) is 8.54. The van der Waals surface area contributed by atoms with E-state index >= 15 is 0 Å². The van der Waals surface area contributed by atoms with Gasteiger partial charge in [0, 0.05) is 10.4 Å². The van der Waals surface area contributed by atoms with Gasteiger partial charge in [-0.3, -0.25) is 4.79 Å². The first kappa shape index (κ1) is 15.2. The number of hydrogen-bond acceptors (Lipinski definition) is 2. The summed E-state index contributed by atoms with van der Waals surface area (Å²) in [5.41, 5.74) is 6.55. The Morgan fingerprint density at radius 2 is 2.17 bits per heavy atom. The molecule has 1 aromatic rings. The van der Waals surface area contributed by atoms with Gasteiger partial charge in [0.25, 0.3) is 0 Å². The fourth-order valence-corrected chi connectivity index (χ4v) is 2.19. The van der Waals surface area contributed by atoms with E-state index in [1.165, 1.54) is 0 Å². The van der Waals surface area contributed by atoms with Gasteiger partial charge in [-0.1, -0.05) is 35.0 Å². The molecular weight excluding hydrogens is 292 g/mol. The largest absolute Gasteiger partial charge is 0.349 e. The quantitative estimate of drug-likeness (QED) is 0.848. The molecule has 0 spiro atoms. The molecule has 0 aromatic heterocycles.